The molecular weight excluding hydrogens is 320 g/mol. The molecule has 3 rings (SSSR count). The minimum absolute atomic E-state index is 0.639. The molecule has 0 amide bonds. The Balaban J connectivity index is 1.87. The minimum Gasteiger partial charge on any atom is -0.352 e. The number of hydrogen-bond donors (Lipinski definition) is 1. The summed E-state index contributed by atoms with van der Waals surface area (Å²) in [6.45, 7) is 10.1. The third-order valence-corrected chi connectivity index (χ3v) is 4.61. The molecule has 0 spiro atoms. The van der Waals surface area contributed by atoms with Crippen LogP contribution in [-0.2, 0) is 6.54 Å². The Bertz CT molecular complexity index is 875. The summed E-state index contributed by atoms with van der Waals surface area (Å²) in [6, 6.07) is 18.7. The van der Waals surface area contributed by atoms with E-state index < -0.39 is 0 Å². The zero-order chi connectivity index (χ0) is 18.5. The highest BCUT2D eigenvalue weighted by Crippen LogP contribution is 2.23. The van der Waals surface area contributed by atoms with E-state index in [-0.39, 0.29) is 0 Å². The molecular formula is C22H26N4. The van der Waals surface area contributed by atoms with E-state index >= 15 is 0 Å². The van der Waals surface area contributed by atoms with Crippen molar-refractivity contribution in [3.8, 4) is 0 Å². The van der Waals surface area contributed by atoms with Gasteiger partial charge in [0.05, 0.1) is 0 Å². The van der Waals surface area contributed by atoms with Gasteiger partial charge in [-0.25, -0.2) is 4.98 Å². The van der Waals surface area contributed by atoms with Gasteiger partial charge < -0.3 is 10.2 Å². The first-order valence-electron chi connectivity index (χ1n) is 9.04. The van der Waals surface area contributed by atoms with Gasteiger partial charge in [0.2, 0.25) is 5.95 Å². The van der Waals surface area contributed by atoms with Gasteiger partial charge in [0.25, 0.3) is 0 Å². The molecule has 0 aliphatic carbocycles. The lowest BCUT2D eigenvalue weighted by Gasteiger charge is -2.23. The van der Waals surface area contributed by atoms with Crippen LogP contribution in [0.15, 0.2) is 54.6 Å². The quantitative estimate of drug-likeness (QED) is 0.668. The zero-order valence-corrected chi connectivity index (χ0v) is 16.0. The number of nitrogens with one attached hydrogen (secondary N) is 1. The third kappa shape index (κ3) is 4.20. The molecule has 1 heterocycles. The van der Waals surface area contributed by atoms with E-state index in [0.29, 0.717) is 5.95 Å². The van der Waals surface area contributed by atoms with Crippen LogP contribution in [0.25, 0.3) is 0 Å². The molecule has 0 unspecified atom stereocenters. The molecule has 0 saturated carbocycles. The van der Waals surface area contributed by atoms with Crippen molar-refractivity contribution in [1.29, 1.82) is 0 Å². The van der Waals surface area contributed by atoms with Crippen molar-refractivity contribution in [2.24, 2.45) is 0 Å². The third-order valence-electron chi connectivity index (χ3n) is 4.61. The van der Waals surface area contributed by atoms with Gasteiger partial charge in [0.1, 0.15) is 5.82 Å². The molecule has 0 fully saturated rings. The Morgan fingerprint density at radius 3 is 2.42 bits per heavy atom. The normalized spacial score (nSPS) is 10.6. The predicted molar refractivity (Wildman–Crippen MR) is 109 cm³/mol. The lowest BCUT2D eigenvalue weighted by molar-refractivity contribution is 0.809. The summed E-state index contributed by atoms with van der Waals surface area (Å²) in [5.41, 5.74) is 5.74. The van der Waals surface area contributed by atoms with Gasteiger partial charge in [-0.2, -0.15) is 4.98 Å². The highest BCUT2D eigenvalue weighted by molar-refractivity contribution is 5.61. The summed E-state index contributed by atoms with van der Waals surface area (Å²) < 4.78 is 0. The van der Waals surface area contributed by atoms with Gasteiger partial charge in [0.15, 0.2) is 0 Å². The van der Waals surface area contributed by atoms with Crippen molar-refractivity contribution in [1.82, 2.24) is 9.97 Å². The first-order valence-corrected chi connectivity index (χ1v) is 9.04. The van der Waals surface area contributed by atoms with Crippen molar-refractivity contribution in [3.63, 3.8) is 0 Å². The first-order chi connectivity index (χ1) is 12.6. The van der Waals surface area contributed by atoms with Gasteiger partial charge in [-0.15, -0.1) is 0 Å². The Morgan fingerprint density at radius 1 is 0.923 bits per heavy atom. The number of benzene rings is 2. The minimum atomic E-state index is 0.639. The average molecular weight is 346 g/mol. The van der Waals surface area contributed by atoms with E-state index in [0.717, 1.165) is 30.3 Å². The van der Waals surface area contributed by atoms with Crippen LogP contribution in [0.2, 0.25) is 0 Å². The van der Waals surface area contributed by atoms with Crippen LogP contribution in [0.1, 0.15) is 29.3 Å². The lowest BCUT2D eigenvalue weighted by Crippen LogP contribution is -2.23. The Hall–Kier alpha value is -2.88. The maximum atomic E-state index is 4.77. The molecule has 4 heteroatoms. The van der Waals surface area contributed by atoms with E-state index in [2.05, 4.69) is 78.4 Å². The van der Waals surface area contributed by atoms with Crippen molar-refractivity contribution in [3.05, 3.63) is 77.0 Å². The van der Waals surface area contributed by atoms with Crippen molar-refractivity contribution in [2.75, 3.05) is 16.8 Å². The number of aryl methyl sites for hydroxylation is 2. The number of anilines is 3. The summed E-state index contributed by atoms with van der Waals surface area (Å²) in [4.78, 5) is 11.6. The molecule has 0 radical (unpaired) electrons. The smallest absolute Gasteiger partial charge is 0.229 e. The maximum absolute atomic E-state index is 4.77. The van der Waals surface area contributed by atoms with Crippen molar-refractivity contribution < 1.29 is 0 Å². The van der Waals surface area contributed by atoms with E-state index in [1.54, 1.807) is 0 Å². The van der Waals surface area contributed by atoms with Gasteiger partial charge in [-0.1, -0.05) is 42.5 Å². The molecule has 0 saturated heterocycles. The second-order valence-electron chi connectivity index (χ2n) is 6.56. The molecule has 2 aromatic carbocycles. The average Bonchev–Trinajstić information content (AvgIpc) is 2.64. The van der Waals surface area contributed by atoms with Crippen LogP contribution >= 0.6 is 0 Å². The summed E-state index contributed by atoms with van der Waals surface area (Å²) in [5.74, 6) is 1.58. The number of aromatic nitrogens is 2. The van der Waals surface area contributed by atoms with Crippen LogP contribution in [0.4, 0.5) is 17.5 Å². The largest absolute Gasteiger partial charge is 0.352 e. The van der Waals surface area contributed by atoms with Crippen molar-refractivity contribution in [2.45, 2.75) is 34.2 Å². The number of rotatable bonds is 6. The fourth-order valence-corrected chi connectivity index (χ4v) is 2.94. The summed E-state index contributed by atoms with van der Waals surface area (Å²) >= 11 is 0. The second kappa shape index (κ2) is 8.00. The number of hydrogen-bond acceptors (Lipinski definition) is 4. The standard InChI is InChI=1S/C22H26N4/c1-5-26(15-19-11-7-6-8-12-19)21-14-17(3)23-22(25-21)24-20-13-9-10-16(2)18(20)4/h6-14H,5,15H2,1-4H3,(H,23,24,25). The predicted octanol–water partition coefficient (Wildman–Crippen LogP) is 5.17. The summed E-state index contributed by atoms with van der Waals surface area (Å²) in [7, 11) is 0. The van der Waals surface area contributed by atoms with Crippen molar-refractivity contribution >= 4 is 17.5 Å². The molecule has 0 aliphatic rings. The van der Waals surface area contributed by atoms with Crippen LogP contribution in [0.5, 0.6) is 0 Å². The van der Waals surface area contributed by atoms with E-state index in [4.69, 9.17) is 4.98 Å². The Morgan fingerprint density at radius 2 is 1.69 bits per heavy atom. The number of nitrogens with zero attached hydrogens (tertiary/aromatic N) is 3. The SMILES string of the molecule is CCN(Cc1ccccc1)c1cc(C)nc(Nc2cccc(C)c2C)n1. The first kappa shape index (κ1) is 17.9. The molecule has 26 heavy (non-hydrogen) atoms. The van der Waals surface area contributed by atoms with Gasteiger partial charge >= 0.3 is 0 Å². The lowest BCUT2D eigenvalue weighted by atomic mass is 10.1. The van der Waals surface area contributed by atoms with Gasteiger partial charge in [-0.3, -0.25) is 0 Å². The van der Waals surface area contributed by atoms with Gasteiger partial charge in [0, 0.05) is 30.5 Å². The fourth-order valence-electron chi connectivity index (χ4n) is 2.94. The molecule has 3 aromatic rings. The summed E-state index contributed by atoms with van der Waals surface area (Å²) in [6.07, 6.45) is 0. The highest BCUT2D eigenvalue weighted by Gasteiger charge is 2.11. The molecule has 1 N–H and O–H groups in total. The van der Waals surface area contributed by atoms with E-state index in [1.165, 1.54) is 16.7 Å². The Kier molecular flexibility index (Phi) is 5.52. The van der Waals surface area contributed by atoms with Crippen LogP contribution < -0.4 is 10.2 Å². The molecule has 1 aromatic heterocycles. The molecule has 4 nitrogen and oxygen atoms in total. The fraction of sp³-hybridized carbons (Fsp3) is 0.273. The van der Waals surface area contributed by atoms with Gasteiger partial charge in [-0.05, 0) is 50.5 Å². The Labute approximate surface area is 155 Å². The molecule has 0 bridgehead atoms. The van der Waals surface area contributed by atoms with Crippen LogP contribution in [-0.4, -0.2) is 16.5 Å². The van der Waals surface area contributed by atoms with E-state index in [9.17, 15) is 0 Å². The highest BCUT2D eigenvalue weighted by atomic mass is 15.2. The molecule has 0 atom stereocenters. The topological polar surface area (TPSA) is 41.1 Å². The second-order valence-corrected chi connectivity index (χ2v) is 6.56. The van der Waals surface area contributed by atoms with Crippen LogP contribution in [0.3, 0.4) is 0 Å². The maximum Gasteiger partial charge on any atom is 0.229 e. The van der Waals surface area contributed by atoms with Crippen LogP contribution in [0, 0.1) is 20.8 Å². The zero-order valence-electron chi connectivity index (χ0n) is 16.0. The molecule has 134 valence electrons. The monoisotopic (exact) mass is 346 g/mol. The van der Waals surface area contributed by atoms with E-state index in [1.807, 2.05) is 19.1 Å². The summed E-state index contributed by atoms with van der Waals surface area (Å²) in [5, 5.41) is 3.39. The molecule has 0 aliphatic heterocycles.